The summed E-state index contributed by atoms with van der Waals surface area (Å²) in [6.07, 6.45) is 2.42. The van der Waals surface area contributed by atoms with Gasteiger partial charge in [-0.3, -0.25) is 4.98 Å². The maximum atomic E-state index is 14.0. The Morgan fingerprint density at radius 2 is 1.87 bits per heavy atom. The molecule has 0 atom stereocenters. The third-order valence-corrected chi connectivity index (χ3v) is 5.77. The summed E-state index contributed by atoms with van der Waals surface area (Å²) < 4.78 is 29.3. The Kier molecular flexibility index (Phi) is 4.53. The Morgan fingerprint density at radius 1 is 1.03 bits per heavy atom. The van der Waals surface area contributed by atoms with E-state index in [2.05, 4.69) is 25.4 Å². The molecule has 0 aliphatic carbocycles. The van der Waals surface area contributed by atoms with E-state index >= 15 is 0 Å². The molecule has 7 nitrogen and oxygen atoms in total. The highest BCUT2D eigenvalue weighted by atomic mass is 19.1. The minimum Gasteiger partial charge on any atom is -0.352 e. The smallest absolute Gasteiger partial charge is 0.181 e. The predicted molar refractivity (Wildman–Crippen MR) is 114 cm³/mol. The van der Waals surface area contributed by atoms with Crippen LogP contribution in [0, 0.1) is 32.4 Å². The first-order valence-electron chi connectivity index (χ1n) is 10.0. The first-order chi connectivity index (χ1) is 14.9. The van der Waals surface area contributed by atoms with Crippen molar-refractivity contribution < 1.29 is 8.78 Å². The zero-order chi connectivity index (χ0) is 21.7. The normalized spacial score (nSPS) is 13.5. The molecule has 4 heterocycles. The number of benzene rings is 1. The van der Waals surface area contributed by atoms with Crippen LogP contribution in [0.3, 0.4) is 0 Å². The van der Waals surface area contributed by atoms with Crippen LogP contribution in [0.15, 0.2) is 30.5 Å². The Bertz CT molecular complexity index is 1320. The average Bonchev–Trinajstić information content (AvgIpc) is 3.13. The van der Waals surface area contributed by atoms with E-state index in [1.54, 1.807) is 10.7 Å². The molecular weight excluding hydrogens is 400 g/mol. The lowest BCUT2D eigenvalue weighted by Gasteiger charge is -2.31. The quantitative estimate of drug-likeness (QED) is 0.539. The Balaban J connectivity index is 1.47. The lowest BCUT2D eigenvalue weighted by molar-refractivity contribution is 0.603. The summed E-state index contributed by atoms with van der Waals surface area (Å²) in [4.78, 5) is 6.75. The largest absolute Gasteiger partial charge is 0.352 e. The van der Waals surface area contributed by atoms with Gasteiger partial charge in [-0.2, -0.15) is 4.52 Å². The number of hydrogen-bond acceptors (Lipinski definition) is 6. The van der Waals surface area contributed by atoms with Crippen molar-refractivity contribution in [1.29, 1.82) is 0 Å². The summed E-state index contributed by atoms with van der Waals surface area (Å²) in [5, 5.41) is 16.1. The minimum absolute atomic E-state index is 0.0797. The van der Waals surface area contributed by atoms with Gasteiger partial charge in [-0.1, -0.05) is 0 Å². The third-order valence-electron chi connectivity index (χ3n) is 5.77. The molecule has 31 heavy (non-hydrogen) atoms. The molecule has 0 saturated carbocycles. The molecule has 0 saturated heterocycles. The van der Waals surface area contributed by atoms with E-state index in [1.165, 1.54) is 0 Å². The zero-order valence-electron chi connectivity index (χ0n) is 17.4. The number of aromatic nitrogens is 5. The van der Waals surface area contributed by atoms with Gasteiger partial charge in [-0.15, -0.1) is 15.3 Å². The zero-order valence-corrected chi connectivity index (χ0v) is 17.4. The summed E-state index contributed by atoms with van der Waals surface area (Å²) in [6, 6.07) is 5.26. The SMILES string of the molecule is Cc1c(N2CCc3ncc(Nc4cc(F)ccc4F)cc3C2)nn2c(C)nnc2c1C. The summed E-state index contributed by atoms with van der Waals surface area (Å²) in [5.74, 6) is 0.598. The minimum atomic E-state index is -0.520. The van der Waals surface area contributed by atoms with Crippen LogP contribution in [0.1, 0.15) is 28.2 Å². The fraction of sp³-hybridized carbons (Fsp3) is 0.273. The summed E-state index contributed by atoms with van der Waals surface area (Å²) in [7, 11) is 0. The van der Waals surface area contributed by atoms with Crippen LogP contribution in [0.5, 0.6) is 0 Å². The summed E-state index contributed by atoms with van der Waals surface area (Å²) in [6.45, 7) is 7.35. The highest BCUT2D eigenvalue weighted by molar-refractivity contribution is 5.62. The van der Waals surface area contributed by atoms with E-state index in [0.29, 0.717) is 12.2 Å². The number of aryl methyl sites for hydroxylation is 2. The van der Waals surface area contributed by atoms with Gasteiger partial charge < -0.3 is 10.2 Å². The molecule has 1 aromatic carbocycles. The molecule has 0 spiro atoms. The number of nitrogens with one attached hydrogen (secondary N) is 1. The third kappa shape index (κ3) is 3.35. The number of anilines is 3. The van der Waals surface area contributed by atoms with Crippen LogP contribution < -0.4 is 10.2 Å². The van der Waals surface area contributed by atoms with Crippen molar-refractivity contribution >= 4 is 22.8 Å². The van der Waals surface area contributed by atoms with Gasteiger partial charge in [0.25, 0.3) is 0 Å². The molecular formula is C22H21F2N7. The second kappa shape index (κ2) is 7.26. The predicted octanol–water partition coefficient (Wildman–Crippen LogP) is 4.03. The van der Waals surface area contributed by atoms with E-state index in [1.807, 2.05) is 26.8 Å². The average molecular weight is 421 g/mol. The van der Waals surface area contributed by atoms with Gasteiger partial charge in [0.1, 0.15) is 11.6 Å². The molecule has 0 amide bonds. The van der Waals surface area contributed by atoms with Crippen LogP contribution in [0.4, 0.5) is 26.0 Å². The first kappa shape index (κ1) is 19.3. The standard InChI is InChI=1S/C22H21F2N7/c1-12-13(2)22(29-31-14(3)27-28-21(12)31)30-7-6-19-15(11-30)8-17(10-25-19)26-20-9-16(23)4-5-18(20)24/h4-5,8-10,26H,6-7,11H2,1-3H3. The Morgan fingerprint density at radius 3 is 2.71 bits per heavy atom. The topological polar surface area (TPSA) is 71.2 Å². The van der Waals surface area contributed by atoms with E-state index in [9.17, 15) is 8.78 Å². The Labute approximate surface area is 177 Å². The van der Waals surface area contributed by atoms with E-state index < -0.39 is 11.6 Å². The molecule has 1 aliphatic rings. The van der Waals surface area contributed by atoms with Crippen LogP contribution in [-0.4, -0.2) is 31.3 Å². The summed E-state index contributed by atoms with van der Waals surface area (Å²) >= 11 is 0. The first-order valence-corrected chi connectivity index (χ1v) is 10.0. The van der Waals surface area contributed by atoms with Crippen molar-refractivity contribution in [2.24, 2.45) is 0 Å². The van der Waals surface area contributed by atoms with Crippen LogP contribution >= 0.6 is 0 Å². The molecule has 0 radical (unpaired) electrons. The lowest BCUT2D eigenvalue weighted by Crippen LogP contribution is -2.33. The van der Waals surface area contributed by atoms with Crippen molar-refractivity contribution in [3.63, 3.8) is 0 Å². The number of fused-ring (bicyclic) bond motifs is 2. The molecule has 158 valence electrons. The monoisotopic (exact) mass is 421 g/mol. The van der Waals surface area contributed by atoms with Crippen molar-refractivity contribution in [3.05, 3.63) is 70.3 Å². The molecule has 0 unspecified atom stereocenters. The fourth-order valence-electron chi connectivity index (χ4n) is 3.94. The second-order valence-electron chi connectivity index (χ2n) is 7.81. The van der Waals surface area contributed by atoms with Gasteiger partial charge in [0, 0.05) is 42.4 Å². The molecule has 1 aliphatic heterocycles. The fourth-order valence-corrected chi connectivity index (χ4v) is 3.94. The highest BCUT2D eigenvalue weighted by Gasteiger charge is 2.23. The highest BCUT2D eigenvalue weighted by Crippen LogP contribution is 2.29. The number of hydrogen-bond donors (Lipinski definition) is 1. The van der Waals surface area contributed by atoms with Crippen molar-refractivity contribution in [1.82, 2.24) is 24.8 Å². The van der Waals surface area contributed by atoms with Crippen LogP contribution in [0.25, 0.3) is 5.65 Å². The number of halogens is 2. The summed E-state index contributed by atoms with van der Waals surface area (Å²) in [5.41, 5.74) is 5.58. The van der Waals surface area contributed by atoms with E-state index in [4.69, 9.17) is 5.10 Å². The molecule has 3 aromatic heterocycles. The van der Waals surface area contributed by atoms with Crippen LogP contribution in [0.2, 0.25) is 0 Å². The van der Waals surface area contributed by atoms with Crippen molar-refractivity contribution in [3.8, 4) is 0 Å². The second-order valence-corrected chi connectivity index (χ2v) is 7.81. The maximum absolute atomic E-state index is 14.0. The maximum Gasteiger partial charge on any atom is 0.181 e. The Hall–Kier alpha value is -3.62. The molecule has 0 fully saturated rings. The van der Waals surface area contributed by atoms with Gasteiger partial charge in [-0.25, -0.2) is 8.78 Å². The molecule has 5 rings (SSSR count). The van der Waals surface area contributed by atoms with Gasteiger partial charge in [-0.05, 0) is 44.5 Å². The van der Waals surface area contributed by atoms with E-state index in [-0.39, 0.29) is 5.69 Å². The van der Waals surface area contributed by atoms with Gasteiger partial charge in [0.2, 0.25) is 0 Å². The van der Waals surface area contributed by atoms with Crippen LogP contribution in [-0.2, 0) is 13.0 Å². The lowest BCUT2D eigenvalue weighted by atomic mass is 10.0. The van der Waals surface area contributed by atoms with Gasteiger partial charge in [0.05, 0.1) is 17.6 Å². The number of pyridine rings is 1. The van der Waals surface area contributed by atoms with E-state index in [0.717, 1.165) is 70.8 Å². The van der Waals surface area contributed by atoms with Crippen molar-refractivity contribution in [2.75, 3.05) is 16.8 Å². The van der Waals surface area contributed by atoms with Gasteiger partial charge in [0.15, 0.2) is 17.3 Å². The number of nitrogens with zero attached hydrogens (tertiary/aromatic N) is 6. The van der Waals surface area contributed by atoms with Crippen molar-refractivity contribution in [2.45, 2.75) is 33.7 Å². The molecule has 1 N–H and O–H groups in total. The molecule has 0 bridgehead atoms. The molecule has 9 heteroatoms. The number of rotatable bonds is 3. The molecule has 4 aromatic rings. The van der Waals surface area contributed by atoms with Gasteiger partial charge >= 0.3 is 0 Å².